The molecule has 3 nitrogen and oxygen atoms in total. The van der Waals surface area contributed by atoms with E-state index in [1.807, 2.05) is 32.0 Å². The molecule has 0 aliphatic rings. The molecular formula is C16H26N2O. The molecule has 0 spiro atoms. The maximum Gasteiger partial charge on any atom is 0.226 e. The van der Waals surface area contributed by atoms with Gasteiger partial charge in [0.2, 0.25) is 5.91 Å². The van der Waals surface area contributed by atoms with E-state index >= 15 is 0 Å². The highest BCUT2D eigenvalue weighted by Gasteiger charge is 2.15. The van der Waals surface area contributed by atoms with E-state index in [0.29, 0.717) is 0 Å². The summed E-state index contributed by atoms with van der Waals surface area (Å²) in [6.07, 6.45) is 3.28. The highest BCUT2D eigenvalue weighted by molar-refractivity contribution is 5.78. The van der Waals surface area contributed by atoms with Gasteiger partial charge in [-0.3, -0.25) is 4.79 Å². The fourth-order valence-electron chi connectivity index (χ4n) is 2.20. The van der Waals surface area contributed by atoms with Crippen LogP contribution in [0.3, 0.4) is 0 Å². The molecule has 1 atom stereocenters. The molecule has 3 heteroatoms. The summed E-state index contributed by atoms with van der Waals surface area (Å²) in [6.45, 7) is 3.56. The van der Waals surface area contributed by atoms with Crippen molar-refractivity contribution in [2.45, 2.75) is 26.2 Å². The molecule has 0 aliphatic carbocycles. The smallest absolute Gasteiger partial charge is 0.226 e. The fourth-order valence-corrected chi connectivity index (χ4v) is 2.20. The van der Waals surface area contributed by atoms with E-state index in [4.69, 9.17) is 0 Å². The number of aryl methyl sites for hydroxylation is 1. The molecule has 19 heavy (non-hydrogen) atoms. The van der Waals surface area contributed by atoms with Crippen molar-refractivity contribution < 1.29 is 4.79 Å². The lowest BCUT2D eigenvalue weighted by Gasteiger charge is -2.21. The predicted molar refractivity (Wildman–Crippen MR) is 80.1 cm³/mol. The Morgan fingerprint density at radius 1 is 1.26 bits per heavy atom. The first-order valence-corrected chi connectivity index (χ1v) is 7.08. The molecule has 1 amide bonds. The summed E-state index contributed by atoms with van der Waals surface area (Å²) in [5.74, 6) is 0.290. The van der Waals surface area contributed by atoms with Gasteiger partial charge >= 0.3 is 0 Å². The number of unbranched alkanes of at least 4 members (excludes halogenated alkanes) is 1. The maximum absolute atomic E-state index is 12.0. The second kappa shape index (κ2) is 8.70. The largest absolute Gasteiger partial charge is 0.345 e. The molecule has 1 aromatic carbocycles. The van der Waals surface area contributed by atoms with Crippen LogP contribution in [0, 0.1) is 5.92 Å². The van der Waals surface area contributed by atoms with E-state index in [1.165, 1.54) is 5.56 Å². The van der Waals surface area contributed by atoms with Gasteiger partial charge in [-0.15, -0.1) is 0 Å². The Morgan fingerprint density at radius 3 is 2.58 bits per heavy atom. The molecule has 0 fully saturated rings. The number of nitrogens with zero attached hydrogens (tertiary/aromatic N) is 1. The Bertz CT molecular complexity index is 364. The summed E-state index contributed by atoms with van der Waals surface area (Å²) >= 11 is 0. The van der Waals surface area contributed by atoms with Crippen LogP contribution >= 0.6 is 0 Å². The van der Waals surface area contributed by atoms with Crippen LogP contribution in [0.4, 0.5) is 0 Å². The summed E-state index contributed by atoms with van der Waals surface area (Å²) in [4.78, 5) is 13.8. The van der Waals surface area contributed by atoms with Gasteiger partial charge in [-0.05, 0) is 31.9 Å². The molecule has 0 saturated heterocycles. The molecule has 0 saturated carbocycles. The van der Waals surface area contributed by atoms with Gasteiger partial charge in [-0.2, -0.15) is 0 Å². The number of hydrogen-bond donors (Lipinski definition) is 1. The zero-order valence-electron chi connectivity index (χ0n) is 12.4. The predicted octanol–water partition coefficient (Wildman–Crippen LogP) is 2.32. The van der Waals surface area contributed by atoms with E-state index in [2.05, 4.69) is 29.6 Å². The van der Waals surface area contributed by atoms with Gasteiger partial charge in [-0.1, -0.05) is 37.3 Å². The van der Waals surface area contributed by atoms with Crippen LogP contribution in [0.25, 0.3) is 0 Å². The van der Waals surface area contributed by atoms with Crippen molar-refractivity contribution in [2.24, 2.45) is 5.92 Å². The first-order chi connectivity index (χ1) is 9.15. The second-order valence-corrected chi connectivity index (χ2v) is 5.16. The lowest BCUT2D eigenvalue weighted by molar-refractivity contribution is -0.133. The Labute approximate surface area is 117 Å². The van der Waals surface area contributed by atoms with Crippen LogP contribution in [0.5, 0.6) is 0 Å². The lowest BCUT2D eigenvalue weighted by atomic mass is 10.1. The Balaban J connectivity index is 2.20. The van der Waals surface area contributed by atoms with Crippen molar-refractivity contribution in [1.82, 2.24) is 10.2 Å². The highest BCUT2D eigenvalue weighted by atomic mass is 16.2. The van der Waals surface area contributed by atoms with E-state index < -0.39 is 0 Å². The normalized spacial score (nSPS) is 12.2. The minimum absolute atomic E-state index is 0.0594. The van der Waals surface area contributed by atoms with Crippen molar-refractivity contribution in [2.75, 3.05) is 27.2 Å². The molecule has 1 rings (SSSR count). The van der Waals surface area contributed by atoms with Crippen molar-refractivity contribution in [3.05, 3.63) is 35.9 Å². The van der Waals surface area contributed by atoms with Crippen molar-refractivity contribution in [3.8, 4) is 0 Å². The van der Waals surface area contributed by atoms with Crippen LogP contribution in [0.1, 0.15) is 25.3 Å². The number of carbonyl (C=O) groups excluding carboxylic acids is 1. The SMILES string of the molecule is CNCC(C)C(=O)N(C)CCCCc1ccccc1. The van der Waals surface area contributed by atoms with Gasteiger partial charge in [-0.25, -0.2) is 0 Å². The molecule has 0 heterocycles. The molecule has 0 aliphatic heterocycles. The first-order valence-electron chi connectivity index (χ1n) is 7.08. The topological polar surface area (TPSA) is 32.3 Å². The van der Waals surface area contributed by atoms with Crippen LogP contribution in [0.2, 0.25) is 0 Å². The molecule has 0 aromatic heterocycles. The zero-order valence-corrected chi connectivity index (χ0v) is 12.4. The average molecular weight is 262 g/mol. The van der Waals surface area contributed by atoms with Crippen LogP contribution < -0.4 is 5.32 Å². The molecule has 1 unspecified atom stereocenters. The van der Waals surface area contributed by atoms with Gasteiger partial charge < -0.3 is 10.2 Å². The standard InChI is InChI=1S/C16H26N2O/c1-14(13-17-2)16(19)18(3)12-8-7-11-15-9-5-4-6-10-15/h4-6,9-10,14,17H,7-8,11-13H2,1-3H3. The maximum atomic E-state index is 12.0. The van der Waals surface area contributed by atoms with Gasteiger partial charge in [0.25, 0.3) is 0 Å². The Hall–Kier alpha value is -1.35. The summed E-state index contributed by atoms with van der Waals surface area (Å²) < 4.78 is 0. The van der Waals surface area contributed by atoms with Crippen molar-refractivity contribution in [3.63, 3.8) is 0 Å². The average Bonchev–Trinajstić information content (AvgIpc) is 2.44. The summed E-state index contributed by atoms with van der Waals surface area (Å²) in [5, 5.41) is 3.04. The second-order valence-electron chi connectivity index (χ2n) is 5.16. The number of hydrogen-bond acceptors (Lipinski definition) is 2. The van der Waals surface area contributed by atoms with Crippen molar-refractivity contribution >= 4 is 5.91 Å². The monoisotopic (exact) mass is 262 g/mol. The minimum atomic E-state index is 0.0594. The summed E-state index contributed by atoms with van der Waals surface area (Å²) in [5.41, 5.74) is 1.38. The van der Waals surface area contributed by atoms with Gasteiger partial charge in [0.05, 0.1) is 0 Å². The van der Waals surface area contributed by atoms with E-state index in [1.54, 1.807) is 0 Å². The highest BCUT2D eigenvalue weighted by Crippen LogP contribution is 2.06. The molecular weight excluding hydrogens is 236 g/mol. The fraction of sp³-hybridized carbons (Fsp3) is 0.562. The third-order valence-corrected chi connectivity index (χ3v) is 3.36. The minimum Gasteiger partial charge on any atom is -0.345 e. The third-order valence-electron chi connectivity index (χ3n) is 3.36. The van der Waals surface area contributed by atoms with Crippen LogP contribution in [0.15, 0.2) is 30.3 Å². The van der Waals surface area contributed by atoms with E-state index in [0.717, 1.165) is 32.4 Å². The molecule has 106 valence electrons. The number of benzene rings is 1. The van der Waals surface area contributed by atoms with Crippen LogP contribution in [-0.4, -0.2) is 38.0 Å². The summed E-state index contributed by atoms with van der Waals surface area (Å²) in [6, 6.07) is 10.5. The quantitative estimate of drug-likeness (QED) is 0.729. The lowest BCUT2D eigenvalue weighted by Crippen LogP contribution is -2.36. The number of amides is 1. The number of nitrogens with one attached hydrogen (secondary N) is 1. The van der Waals surface area contributed by atoms with E-state index in [-0.39, 0.29) is 11.8 Å². The van der Waals surface area contributed by atoms with Crippen molar-refractivity contribution in [1.29, 1.82) is 0 Å². The zero-order chi connectivity index (χ0) is 14.1. The number of carbonyl (C=O) groups is 1. The Morgan fingerprint density at radius 2 is 1.95 bits per heavy atom. The third kappa shape index (κ3) is 5.88. The van der Waals surface area contributed by atoms with Crippen LogP contribution in [-0.2, 0) is 11.2 Å². The van der Waals surface area contributed by atoms with Gasteiger partial charge in [0, 0.05) is 26.1 Å². The molecule has 0 bridgehead atoms. The van der Waals surface area contributed by atoms with Gasteiger partial charge in [0.15, 0.2) is 0 Å². The molecule has 1 aromatic rings. The number of rotatable bonds is 8. The first kappa shape index (κ1) is 15.7. The van der Waals surface area contributed by atoms with E-state index in [9.17, 15) is 4.79 Å². The molecule has 1 N–H and O–H groups in total. The van der Waals surface area contributed by atoms with Gasteiger partial charge in [0.1, 0.15) is 0 Å². The summed E-state index contributed by atoms with van der Waals surface area (Å²) in [7, 11) is 3.78. The molecule has 0 radical (unpaired) electrons. The Kier molecular flexibility index (Phi) is 7.19.